The Morgan fingerprint density at radius 3 is 1.48 bits per heavy atom. The Morgan fingerprint density at radius 2 is 1.29 bits per heavy atom. The predicted molar refractivity (Wildman–Crippen MR) is 80.5 cm³/mol. The van der Waals surface area contributed by atoms with Crippen LogP contribution < -0.4 is 0 Å². The third kappa shape index (κ3) is 6.92. The van der Waals surface area contributed by atoms with Crippen LogP contribution in [0.2, 0.25) is 0 Å². The van der Waals surface area contributed by atoms with Gasteiger partial charge >= 0.3 is 21.1 Å². The minimum atomic E-state index is -0.157. The van der Waals surface area contributed by atoms with E-state index in [0.29, 0.717) is 0 Å². The molecular weight excluding hydrogens is 483 g/mol. The monoisotopic (exact) mass is 491 g/mol. The number of hydrogen-bond donors (Lipinski definition) is 0. The molecule has 0 bridgehead atoms. The van der Waals surface area contributed by atoms with Crippen molar-refractivity contribution in [3.05, 3.63) is 58.6 Å². The summed E-state index contributed by atoms with van der Waals surface area (Å²) in [6.45, 7) is 0. The normalized spacial score (nSPS) is 7.90. The van der Waals surface area contributed by atoms with Gasteiger partial charge in [-0.15, -0.1) is 0 Å². The van der Waals surface area contributed by atoms with Crippen molar-refractivity contribution in [2.75, 3.05) is 0 Å². The standard InChI is InChI=1S/C10H8N2.C4H2N2S2.Pt/c1-3-7-11-9(5-1)10-6-2-4-8-12-10;5-1-3(2-6)4(7)8;/h1-8H;7-8H;/q;;+2/p-2. The maximum Gasteiger partial charge on any atom is 2.00 e. The van der Waals surface area contributed by atoms with Crippen molar-refractivity contribution in [3.63, 3.8) is 0 Å². The van der Waals surface area contributed by atoms with Crippen molar-refractivity contribution in [2.24, 2.45) is 0 Å². The zero-order valence-electron chi connectivity index (χ0n) is 10.5. The SMILES string of the molecule is N#CC(C#N)=C([S-])[S-].[Pt+2].c1ccc(-c2ccccn2)nc1. The van der Waals surface area contributed by atoms with Gasteiger partial charge < -0.3 is 29.5 Å². The molecular formula is C14H8N4PtS2. The molecule has 0 aromatic carbocycles. The minimum absolute atomic E-state index is 0. The molecule has 2 aromatic rings. The van der Waals surface area contributed by atoms with E-state index in [-0.39, 0.29) is 30.9 Å². The van der Waals surface area contributed by atoms with E-state index in [0.717, 1.165) is 11.4 Å². The van der Waals surface area contributed by atoms with Crippen LogP contribution in [0.1, 0.15) is 0 Å². The van der Waals surface area contributed by atoms with Crippen LogP contribution in [0.5, 0.6) is 0 Å². The van der Waals surface area contributed by atoms with Gasteiger partial charge in [-0.2, -0.15) is 10.5 Å². The summed E-state index contributed by atoms with van der Waals surface area (Å²) in [7, 11) is 0. The van der Waals surface area contributed by atoms with Crippen LogP contribution in [0.15, 0.2) is 58.6 Å². The topological polar surface area (TPSA) is 73.4 Å². The molecule has 0 radical (unpaired) electrons. The van der Waals surface area contributed by atoms with Gasteiger partial charge in [0.1, 0.15) is 12.1 Å². The van der Waals surface area contributed by atoms with Crippen LogP contribution in [-0.4, -0.2) is 9.97 Å². The molecule has 0 aliphatic heterocycles. The van der Waals surface area contributed by atoms with Crippen LogP contribution in [0.25, 0.3) is 11.4 Å². The fourth-order valence-corrected chi connectivity index (χ4v) is 1.33. The third-order valence-corrected chi connectivity index (χ3v) is 2.43. The van der Waals surface area contributed by atoms with E-state index < -0.39 is 0 Å². The van der Waals surface area contributed by atoms with Crippen LogP contribution in [0, 0.1) is 22.7 Å². The summed E-state index contributed by atoms with van der Waals surface area (Å²) in [6, 6.07) is 14.7. The Kier molecular flexibility index (Phi) is 9.92. The molecule has 0 aliphatic carbocycles. The van der Waals surface area contributed by atoms with E-state index in [9.17, 15) is 0 Å². The van der Waals surface area contributed by atoms with Gasteiger partial charge in [-0.25, -0.2) is 0 Å². The molecule has 0 atom stereocenters. The van der Waals surface area contributed by atoms with E-state index in [2.05, 4.69) is 35.2 Å². The Balaban J connectivity index is 0.000000397. The number of nitrogens with zero attached hydrogens (tertiary/aromatic N) is 4. The summed E-state index contributed by atoms with van der Waals surface area (Å²) in [6.07, 6.45) is 3.54. The van der Waals surface area contributed by atoms with E-state index in [1.165, 1.54) is 0 Å². The molecule has 0 unspecified atom stereocenters. The van der Waals surface area contributed by atoms with Gasteiger partial charge in [-0.3, -0.25) is 9.97 Å². The molecule has 0 N–H and O–H groups in total. The van der Waals surface area contributed by atoms with Crippen molar-refractivity contribution in [1.82, 2.24) is 9.97 Å². The zero-order valence-corrected chi connectivity index (χ0v) is 14.4. The molecule has 0 saturated heterocycles. The number of allylic oxidation sites excluding steroid dienone is 1. The average Bonchev–Trinajstić information content (AvgIpc) is 2.51. The molecule has 7 heteroatoms. The first-order valence-electron chi connectivity index (χ1n) is 5.40. The van der Waals surface area contributed by atoms with Gasteiger partial charge in [0.2, 0.25) is 0 Å². The van der Waals surface area contributed by atoms with Crippen molar-refractivity contribution in [1.29, 1.82) is 10.5 Å². The van der Waals surface area contributed by atoms with Gasteiger partial charge in [0.05, 0.1) is 17.0 Å². The molecule has 0 aliphatic rings. The molecule has 2 heterocycles. The summed E-state index contributed by atoms with van der Waals surface area (Å²) in [5, 5.41) is 16.1. The molecule has 21 heavy (non-hydrogen) atoms. The second kappa shape index (κ2) is 10.9. The Hall–Kier alpha value is -1.85. The second-order valence-corrected chi connectivity index (χ2v) is 4.39. The molecule has 2 aromatic heterocycles. The van der Waals surface area contributed by atoms with Gasteiger partial charge in [0, 0.05) is 12.4 Å². The van der Waals surface area contributed by atoms with E-state index in [1.807, 2.05) is 36.4 Å². The average molecular weight is 491 g/mol. The second-order valence-electron chi connectivity index (χ2n) is 3.32. The summed E-state index contributed by atoms with van der Waals surface area (Å²) in [4.78, 5) is 8.37. The quantitative estimate of drug-likeness (QED) is 0.451. The number of nitriles is 2. The van der Waals surface area contributed by atoms with E-state index in [1.54, 1.807) is 24.5 Å². The maximum atomic E-state index is 8.03. The predicted octanol–water partition coefficient (Wildman–Crippen LogP) is 2.48. The fraction of sp³-hybridized carbons (Fsp3) is 0. The summed E-state index contributed by atoms with van der Waals surface area (Å²) >= 11 is 8.70. The van der Waals surface area contributed by atoms with E-state index >= 15 is 0 Å². The fourth-order valence-electron chi connectivity index (χ4n) is 1.14. The van der Waals surface area contributed by atoms with Gasteiger partial charge in [0.15, 0.2) is 0 Å². The summed E-state index contributed by atoms with van der Waals surface area (Å²) in [5.74, 6) is 0. The van der Waals surface area contributed by atoms with Crippen molar-refractivity contribution in [3.8, 4) is 23.5 Å². The molecule has 0 saturated carbocycles. The molecule has 4 nitrogen and oxygen atoms in total. The Labute approximate surface area is 148 Å². The first-order chi connectivity index (χ1) is 9.69. The van der Waals surface area contributed by atoms with Crippen molar-refractivity contribution < 1.29 is 21.1 Å². The Bertz CT molecular complexity index is 603. The number of pyridine rings is 2. The maximum absolute atomic E-state index is 8.03. The van der Waals surface area contributed by atoms with Crippen LogP contribution >= 0.6 is 0 Å². The minimum Gasteiger partial charge on any atom is -0.805 e. The third-order valence-electron chi connectivity index (χ3n) is 2.02. The molecule has 106 valence electrons. The van der Waals surface area contributed by atoms with Crippen molar-refractivity contribution >= 4 is 25.3 Å². The smallest absolute Gasteiger partial charge is 0.805 e. The summed E-state index contributed by atoms with van der Waals surface area (Å²) in [5.41, 5.74) is 1.67. The largest absolute Gasteiger partial charge is 2.00 e. The molecule has 0 fully saturated rings. The molecule has 2 rings (SSSR count). The van der Waals surface area contributed by atoms with Gasteiger partial charge in [-0.05, 0) is 24.3 Å². The van der Waals surface area contributed by atoms with Crippen LogP contribution in [-0.2, 0) is 46.3 Å². The first kappa shape index (κ1) is 19.1. The number of rotatable bonds is 1. The first-order valence-corrected chi connectivity index (χ1v) is 6.21. The van der Waals surface area contributed by atoms with E-state index in [4.69, 9.17) is 10.5 Å². The molecule has 0 amide bonds. The Morgan fingerprint density at radius 1 is 0.857 bits per heavy atom. The van der Waals surface area contributed by atoms with Gasteiger partial charge in [0.25, 0.3) is 0 Å². The number of aromatic nitrogens is 2. The number of hydrogen-bond acceptors (Lipinski definition) is 6. The van der Waals surface area contributed by atoms with Gasteiger partial charge in [-0.1, -0.05) is 12.1 Å². The van der Waals surface area contributed by atoms with Crippen LogP contribution in [0.4, 0.5) is 0 Å². The zero-order chi connectivity index (χ0) is 14.8. The summed E-state index contributed by atoms with van der Waals surface area (Å²) < 4.78 is -0.0602. The molecule has 0 spiro atoms. The van der Waals surface area contributed by atoms with Crippen molar-refractivity contribution in [2.45, 2.75) is 0 Å². The van der Waals surface area contributed by atoms with Crippen LogP contribution in [0.3, 0.4) is 0 Å².